The fourth-order valence-corrected chi connectivity index (χ4v) is 5.93. The Hall–Kier alpha value is -1.34. The van der Waals surface area contributed by atoms with Gasteiger partial charge in [-0.1, -0.05) is 6.08 Å². The zero-order valence-electron chi connectivity index (χ0n) is 15.6. The van der Waals surface area contributed by atoms with Crippen molar-refractivity contribution in [3.8, 4) is 0 Å². The predicted octanol–water partition coefficient (Wildman–Crippen LogP) is -2.22. The molecule has 29 heavy (non-hydrogen) atoms. The molecule has 162 valence electrons. The first-order chi connectivity index (χ1) is 13.9. The Morgan fingerprint density at radius 2 is 2.03 bits per heavy atom. The van der Waals surface area contributed by atoms with Crippen molar-refractivity contribution in [2.24, 2.45) is 11.8 Å². The maximum atomic E-state index is 12.8. The molecule has 4 aliphatic heterocycles. The van der Waals surface area contributed by atoms with Gasteiger partial charge in [0.25, 0.3) is 5.91 Å². The first-order valence-electron chi connectivity index (χ1n) is 9.49. The van der Waals surface area contributed by atoms with Crippen LogP contribution in [0.25, 0.3) is 0 Å². The zero-order valence-corrected chi connectivity index (χ0v) is 16.4. The SMILES string of the molecule is C=C[C@H]1[C@H](O[C@@H]2O[C@H](CO)[C@@H](O)[C@H](O)[C@H]2O)OC=C2C(=O)N3CC[S@](=O)[C@H]3C[C@H]21. The van der Waals surface area contributed by atoms with Gasteiger partial charge in [0.2, 0.25) is 6.29 Å². The lowest BCUT2D eigenvalue weighted by Gasteiger charge is -2.45. The minimum absolute atomic E-state index is 0.213. The molecule has 0 aromatic heterocycles. The van der Waals surface area contributed by atoms with E-state index in [0.29, 0.717) is 24.3 Å². The smallest absolute Gasteiger partial charge is 0.254 e. The molecule has 11 heteroatoms. The number of carbonyl (C=O) groups excluding carboxylic acids is 1. The van der Waals surface area contributed by atoms with Crippen LogP contribution in [0.15, 0.2) is 24.5 Å². The van der Waals surface area contributed by atoms with Gasteiger partial charge in [0, 0.05) is 34.9 Å². The Labute approximate surface area is 169 Å². The molecule has 3 saturated heterocycles. The lowest BCUT2D eigenvalue weighted by molar-refractivity contribution is -0.339. The minimum atomic E-state index is -1.58. The lowest BCUT2D eigenvalue weighted by Crippen LogP contribution is -2.60. The van der Waals surface area contributed by atoms with E-state index < -0.39 is 60.3 Å². The Morgan fingerprint density at radius 1 is 1.28 bits per heavy atom. The van der Waals surface area contributed by atoms with Crippen LogP contribution in [0.1, 0.15) is 6.42 Å². The van der Waals surface area contributed by atoms with Crippen molar-refractivity contribution in [3.63, 3.8) is 0 Å². The molecule has 10 atom stereocenters. The second kappa shape index (κ2) is 8.06. The van der Waals surface area contributed by atoms with Crippen LogP contribution in [0, 0.1) is 11.8 Å². The van der Waals surface area contributed by atoms with E-state index in [4.69, 9.17) is 14.2 Å². The molecule has 4 rings (SSSR count). The molecule has 0 radical (unpaired) electrons. The third-order valence-electron chi connectivity index (χ3n) is 6.04. The number of hydrogen-bond donors (Lipinski definition) is 4. The summed E-state index contributed by atoms with van der Waals surface area (Å²) >= 11 is 0. The van der Waals surface area contributed by atoms with Crippen molar-refractivity contribution in [2.45, 2.75) is 48.8 Å². The first kappa shape index (κ1) is 20.9. The molecule has 0 spiro atoms. The van der Waals surface area contributed by atoms with Gasteiger partial charge in [0.1, 0.15) is 29.8 Å². The summed E-state index contributed by atoms with van der Waals surface area (Å²) in [4.78, 5) is 14.4. The van der Waals surface area contributed by atoms with Crippen LogP contribution in [0.2, 0.25) is 0 Å². The maximum Gasteiger partial charge on any atom is 0.254 e. The summed E-state index contributed by atoms with van der Waals surface area (Å²) in [6.45, 7) is 3.68. The Bertz CT molecular complexity index is 728. The molecule has 10 nitrogen and oxygen atoms in total. The van der Waals surface area contributed by atoms with Gasteiger partial charge in [0.05, 0.1) is 18.4 Å². The molecule has 4 aliphatic rings. The van der Waals surface area contributed by atoms with E-state index in [2.05, 4.69) is 6.58 Å². The molecule has 1 amide bonds. The molecular weight excluding hydrogens is 406 g/mol. The highest BCUT2D eigenvalue weighted by Gasteiger charge is 2.51. The van der Waals surface area contributed by atoms with Gasteiger partial charge in [0.15, 0.2) is 6.29 Å². The summed E-state index contributed by atoms with van der Waals surface area (Å²) in [5, 5.41) is 39.0. The number of fused-ring (bicyclic) bond motifs is 2. The number of carbonyl (C=O) groups is 1. The number of piperidine rings is 1. The molecule has 0 aliphatic carbocycles. The molecule has 0 unspecified atom stereocenters. The molecule has 4 heterocycles. The summed E-state index contributed by atoms with van der Waals surface area (Å²) in [7, 11) is -1.12. The van der Waals surface area contributed by atoms with E-state index in [0.717, 1.165) is 0 Å². The molecule has 0 saturated carbocycles. The van der Waals surface area contributed by atoms with Gasteiger partial charge in [-0.25, -0.2) is 0 Å². The highest BCUT2D eigenvalue weighted by atomic mass is 32.2. The highest BCUT2D eigenvalue weighted by molar-refractivity contribution is 7.85. The van der Waals surface area contributed by atoms with Gasteiger partial charge in [-0.2, -0.15) is 0 Å². The Morgan fingerprint density at radius 3 is 2.72 bits per heavy atom. The van der Waals surface area contributed by atoms with Crippen LogP contribution in [0.4, 0.5) is 0 Å². The lowest BCUT2D eigenvalue weighted by atomic mass is 9.79. The molecule has 0 aromatic rings. The van der Waals surface area contributed by atoms with Crippen molar-refractivity contribution in [3.05, 3.63) is 24.5 Å². The third kappa shape index (κ3) is 3.44. The molecule has 0 bridgehead atoms. The van der Waals surface area contributed by atoms with E-state index >= 15 is 0 Å². The molecular formula is C18H25NO9S. The van der Waals surface area contributed by atoms with E-state index in [1.165, 1.54) is 6.26 Å². The fraction of sp³-hybridized carbons (Fsp3) is 0.722. The van der Waals surface area contributed by atoms with Crippen molar-refractivity contribution in [1.29, 1.82) is 0 Å². The van der Waals surface area contributed by atoms with Gasteiger partial charge in [-0.15, -0.1) is 6.58 Å². The van der Waals surface area contributed by atoms with E-state index in [1.54, 1.807) is 11.0 Å². The normalized spacial score (nSPS) is 47.1. The van der Waals surface area contributed by atoms with Crippen LogP contribution in [0.3, 0.4) is 0 Å². The highest BCUT2D eigenvalue weighted by Crippen LogP contribution is 2.43. The van der Waals surface area contributed by atoms with Crippen LogP contribution in [-0.2, 0) is 29.8 Å². The minimum Gasteiger partial charge on any atom is -0.471 e. The van der Waals surface area contributed by atoms with Crippen molar-refractivity contribution in [1.82, 2.24) is 4.90 Å². The number of amides is 1. The number of rotatable bonds is 4. The molecule has 0 aromatic carbocycles. The van der Waals surface area contributed by atoms with E-state index in [1.807, 2.05) is 0 Å². The van der Waals surface area contributed by atoms with E-state index in [9.17, 15) is 29.4 Å². The van der Waals surface area contributed by atoms with E-state index in [-0.39, 0.29) is 17.2 Å². The van der Waals surface area contributed by atoms with Gasteiger partial charge in [-0.3, -0.25) is 9.00 Å². The Kier molecular flexibility index (Phi) is 5.81. The van der Waals surface area contributed by atoms with Crippen LogP contribution in [-0.4, -0.2) is 96.7 Å². The monoisotopic (exact) mass is 431 g/mol. The first-order valence-corrected chi connectivity index (χ1v) is 10.9. The number of nitrogens with zero attached hydrogens (tertiary/aromatic N) is 1. The number of hydrogen-bond acceptors (Lipinski definition) is 9. The summed E-state index contributed by atoms with van der Waals surface area (Å²) in [6, 6.07) is 0. The van der Waals surface area contributed by atoms with Crippen molar-refractivity contribution >= 4 is 16.7 Å². The second-order valence-electron chi connectivity index (χ2n) is 7.60. The van der Waals surface area contributed by atoms with Crippen LogP contribution < -0.4 is 0 Å². The average molecular weight is 431 g/mol. The average Bonchev–Trinajstić information content (AvgIpc) is 3.09. The summed E-state index contributed by atoms with van der Waals surface area (Å²) in [6.07, 6.45) is -4.75. The molecule has 3 fully saturated rings. The molecule has 4 N–H and O–H groups in total. The number of aliphatic hydroxyl groups is 4. The fourth-order valence-electron chi connectivity index (χ4n) is 4.38. The third-order valence-corrected chi connectivity index (χ3v) is 7.68. The Balaban J connectivity index is 1.54. The summed E-state index contributed by atoms with van der Waals surface area (Å²) in [5.74, 6) is -0.589. The number of aliphatic hydroxyl groups excluding tert-OH is 4. The topological polar surface area (TPSA) is 146 Å². The predicted molar refractivity (Wildman–Crippen MR) is 98.1 cm³/mol. The van der Waals surface area contributed by atoms with Crippen molar-refractivity contribution in [2.75, 3.05) is 18.9 Å². The van der Waals surface area contributed by atoms with Gasteiger partial charge >= 0.3 is 0 Å². The quantitative estimate of drug-likeness (QED) is 0.364. The largest absolute Gasteiger partial charge is 0.471 e. The number of ether oxygens (including phenoxy) is 3. The van der Waals surface area contributed by atoms with Gasteiger partial charge in [-0.05, 0) is 6.42 Å². The second-order valence-corrected chi connectivity index (χ2v) is 9.32. The van der Waals surface area contributed by atoms with Gasteiger partial charge < -0.3 is 39.5 Å². The van der Waals surface area contributed by atoms with Crippen LogP contribution in [0.5, 0.6) is 0 Å². The summed E-state index contributed by atoms with van der Waals surface area (Å²) in [5.41, 5.74) is 0.457. The maximum absolute atomic E-state index is 12.8. The summed E-state index contributed by atoms with van der Waals surface area (Å²) < 4.78 is 29.0. The van der Waals surface area contributed by atoms with Crippen LogP contribution >= 0.6 is 0 Å². The van der Waals surface area contributed by atoms with Crippen molar-refractivity contribution < 1.29 is 43.6 Å². The standard InChI is InChI=1S/C18H25NO9S/c1-2-8-9-5-12-19(3-4-29(12)25)16(24)10(9)7-26-17(8)28-18-15(23)14(22)13(21)11(6-20)27-18/h2,7-9,11-15,17-18,20-23H,1,3-6H2/t8-,9+,11-,12+,13-,14+,15-,17+,18+,29+/m1/s1. The zero-order chi connectivity index (χ0) is 20.9.